The van der Waals surface area contributed by atoms with Gasteiger partial charge in [-0.25, -0.2) is 0 Å². The molecule has 5 heteroatoms. The number of ether oxygens (including phenoxy) is 1. The third-order valence-corrected chi connectivity index (χ3v) is 3.98. The number of benzene rings is 1. The van der Waals surface area contributed by atoms with Crippen LogP contribution in [0.4, 0.5) is 5.69 Å². The monoisotopic (exact) mass is 327 g/mol. The fourth-order valence-corrected chi connectivity index (χ4v) is 2.73. The van der Waals surface area contributed by atoms with E-state index >= 15 is 0 Å². The highest BCUT2D eigenvalue weighted by Crippen LogP contribution is 2.27. The molecule has 104 valence electrons. The molecule has 1 N–H and O–H groups in total. The Balaban J connectivity index is 2.17. The molecule has 1 aliphatic heterocycles. The number of carbonyl (C=O) groups excluding carboxylic acids is 1. The molecule has 0 spiro atoms. The van der Waals surface area contributed by atoms with Gasteiger partial charge in [0.05, 0.1) is 5.60 Å². The molecular formula is C14H18BrNO3. The van der Waals surface area contributed by atoms with Crippen LogP contribution in [-0.2, 0) is 4.74 Å². The summed E-state index contributed by atoms with van der Waals surface area (Å²) in [5, 5.41) is 10.5. The number of carbonyl (C=O) groups is 1. The number of aldehydes is 1. The first-order valence-electron chi connectivity index (χ1n) is 6.30. The van der Waals surface area contributed by atoms with E-state index < -0.39 is 5.60 Å². The molecule has 1 aromatic rings. The molecule has 1 heterocycles. The fourth-order valence-electron chi connectivity index (χ4n) is 2.38. The maximum Gasteiger partial charge on any atom is 0.152 e. The van der Waals surface area contributed by atoms with Crippen molar-refractivity contribution < 1.29 is 14.6 Å². The van der Waals surface area contributed by atoms with Crippen LogP contribution in [0.3, 0.4) is 0 Å². The van der Waals surface area contributed by atoms with Crippen molar-refractivity contribution in [3.05, 3.63) is 28.2 Å². The number of likely N-dealkylation sites (N-methyl/N-ethyl adjacent to an activating group) is 1. The van der Waals surface area contributed by atoms with Gasteiger partial charge in [0, 0.05) is 55.4 Å². The third kappa shape index (κ3) is 3.55. The standard InChI is InChI=1S/C14H18BrNO3/c1-16(10-14(18)4-6-19-7-5-14)13-8-12(15)3-2-11(13)9-17/h2-3,8-9,18H,4-7,10H2,1H3. The van der Waals surface area contributed by atoms with E-state index in [0.717, 1.165) is 16.4 Å². The average molecular weight is 328 g/mol. The number of hydrogen-bond donors (Lipinski definition) is 1. The summed E-state index contributed by atoms with van der Waals surface area (Å²) in [6.07, 6.45) is 2.09. The minimum absolute atomic E-state index is 0.494. The number of aliphatic hydroxyl groups is 1. The molecule has 19 heavy (non-hydrogen) atoms. The highest BCUT2D eigenvalue weighted by atomic mass is 79.9. The number of anilines is 1. The van der Waals surface area contributed by atoms with Gasteiger partial charge in [-0.2, -0.15) is 0 Å². The molecule has 0 saturated carbocycles. The minimum Gasteiger partial charge on any atom is -0.388 e. The molecule has 0 unspecified atom stereocenters. The van der Waals surface area contributed by atoms with Crippen LogP contribution in [0.1, 0.15) is 23.2 Å². The molecule has 0 radical (unpaired) electrons. The van der Waals surface area contributed by atoms with Gasteiger partial charge in [-0.3, -0.25) is 4.79 Å². The predicted molar refractivity (Wildman–Crippen MR) is 77.8 cm³/mol. The van der Waals surface area contributed by atoms with Crippen molar-refractivity contribution >= 4 is 27.9 Å². The predicted octanol–water partition coefficient (Wildman–Crippen LogP) is 2.24. The number of nitrogens with zero attached hydrogens (tertiary/aromatic N) is 1. The molecule has 0 amide bonds. The van der Waals surface area contributed by atoms with Crippen molar-refractivity contribution in [3.8, 4) is 0 Å². The Kier molecular flexibility index (Phi) is 4.60. The van der Waals surface area contributed by atoms with Gasteiger partial charge in [-0.1, -0.05) is 15.9 Å². The first-order valence-corrected chi connectivity index (χ1v) is 7.09. The SMILES string of the molecule is CN(CC1(O)CCOCC1)c1cc(Br)ccc1C=O. The van der Waals surface area contributed by atoms with Crippen LogP contribution in [0, 0.1) is 0 Å². The Labute approximate surface area is 121 Å². The van der Waals surface area contributed by atoms with Crippen LogP contribution in [-0.4, -0.2) is 43.8 Å². The van der Waals surface area contributed by atoms with Gasteiger partial charge >= 0.3 is 0 Å². The Bertz CT molecular complexity index is 458. The molecular weight excluding hydrogens is 310 g/mol. The van der Waals surface area contributed by atoms with E-state index in [2.05, 4.69) is 15.9 Å². The molecule has 1 aromatic carbocycles. The molecule has 2 rings (SSSR count). The molecule has 0 atom stereocenters. The molecule has 4 nitrogen and oxygen atoms in total. The Morgan fingerprint density at radius 2 is 2.16 bits per heavy atom. The van der Waals surface area contributed by atoms with Gasteiger partial charge in [0.15, 0.2) is 6.29 Å². The number of halogens is 1. The molecule has 0 aliphatic carbocycles. The quantitative estimate of drug-likeness (QED) is 0.862. The van der Waals surface area contributed by atoms with Gasteiger partial charge < -0.3 is 14.7 Å². The largest absolute Gasteiger partial charge is 0.388 e. The smallest absolute Gasteiger partial charge is 0.152 e. The van der Waals surface area contributed by atoms with Crippen molar-refractivity contribution in [2.45, 2.75) is 18.4 Å². The summed E-state index contributed by atoms with van der Waals surface area (Å²) in [7, 11) is 1.89. The molecule has 0 aromatic heterocycles. The fraction of sp³-hybridized carbons (Fsp3) is 0.500. The molecule has 1 fully saturated rings. The van der Waals surface area contributed by atoms with Crippen LogP contribution in [0.25, 0.3) is 0 Å². The first-order chi connectivity index (χ1) is 9.04. The summed E-state index contributed by atoms with van der Waals surface area (Å²) in [6.45, 7) is 1.67. The normalized spacial score (nSPS) is 18.1. The van der Waals surface area contributed by atoms with Crippen molar-refractivity contribution in [1.29, 1.82) is 0 Å². The molecule has 1 saturated heterocycles. The van der Waals surface area contributed by atoms with Crippen LogP contribution in [0.5, 0.6) is 0 Å². The number of hydrogen-bond acceptors (Lipinski definition) is 4. The van der Waals surface area contributed by atoms with E-state index in [1.807, 2.05) is 24.1 Å². The summed E-state index contributed by atoms with van der Waals surface area (Å²) in [6, 6.07) is 5.51. The van der Waals surface area contributed by atoms with Gasteiger partial charge in [0.25, 0.3) is 0 Å². The summed E-state index contributed by atoms with van der Waals surface area (Å²) >= 11 is 3.41. The first kappa shape index (κ1) is 14.5. The van der Waals surface area contributed by atoms with Gasteiger partial charge in [0.2, 0.25) is 0 Å². The van der Waals surface area contributed by atoms with E-state index in [4.69, 9.17) is 4.74 Å². The Morgan fingerprint density at radius 1 is 1.47 bits per heavy atom. The van der Waals surface area contributed by atoms with Crippen LogP contribution < -0.4 is 4.90 Å². The highest BCUT2D eigenvalue weighted by Gasteiger charge is 2.31. The summed E-state index contributed by atoms with van der Waals surface area (Å²) in [5.74, 6) is 0. The summed E-state index contributed by atoms with van der Waals surface area (Å²) < 4.78 is 6.19. The van der Waals surface area contributed by atoms with Crippen molar-refractivity contribution in [3.63, 3.8) is 0 Å². The van der Waals surface area contributed by atoms with Crippen LogP contribution >= 0.6 is 15.9 Å². The lowest BCUT2D eigenvalue weighted by Gasteiger charge is -2.36. The van der Waals surface area contributed by atoms with E-state index in [1.54, 1.807) is 6.07 Å². The van der Waals surface area contributed by atoms with Gasteiger partial charge in [0.1, 0.15) is 0 Å². The van der Waals surface area contributed by atoms with E-state index in [0.29, 0.717) is 38.2 Å². The summed E-state index contributed by atoms with van der Waals surface area (Å²) in [5.41, 5.74) is 0.709. The summed E-state index contributed by atoms with van der Waals surface area (Å²) in [4.78, 5) is 13.0. The zero-order valence-electron chi connectivity index (χ0n) is 10.9. The van der Waals surface area contributed by atoms with Crippen molar-refractivity contribution in [1.82, 2.24) is 0 Å². The zero-order valence-corrected chi connectivity index (χ0v) is 12.5. The maximum atomic E-state index is 11.1. The van der Waals surface area contributed by atoms with Crippen LogP contribution in [0.15, 0.2) is 22.7 Å². The Hall–Kier alpha value is -0.910. The Morgan fingerprint density at radius 3 is 2.79 bits per heavy atom. The van der Waals surface area contributed by atoms with Gasteiger partial charge in [-0.15, -0.1) is 0 Å². The third-order valence-electron chi connectivity index (χ3n) is 3.49. The second-order valence-electron chi connectivity index (χ2n) is 5.01. The van der Waals surface area contributed by atoms with E-state index in [9.17, 15) is 9.90 Å². The highest BCUT2D eigenvalue weighted by molar-refractivity contribution is 9.10. The van der Waals surface area contributed by atoms with Crippen LogP contribution in [0.2, 0.25) is 0 Å². The van der Waals surface area contributed by atoms with E-state index in [-0.39, 0.29) is 0 Å². The lowest BCUT2D eigenvalue weighted by molar-refractivity contribution is -0.0572. The zero-order chi connectivity index (χ0) is 13.9. The average Bonchev–Trinajstić information content (AvgIpc) is 2.39. The minimum atomic E-state index is -0.741. The topological polar surface area (TPSA) is 49.8 Å². The molecule has 0 bridgehead atoms. The second kappa shape index (κ2) is 6.03. The maximum absolute atomic E-state index is 11.1. The lowest BCUT2D eigenvalue weighted by Crippen LogP contribution is -2.46. The van der Waals surface area contributed by atoms with E-state index in [1.165, 1.54) is 0 Å². The van der Waals surface area contributed by atoms with Crippen molar-refractivity contribution in [2.24, 2.45) is 0 Å². The van der Waals surface area contributed by atoms with Gasteiger partial charge in [-0.05, 0) is 18.2 Å². The number of rotatable bonds is 4. The second-order valence-corrected chi connectivity index (χ2v) is 5.93. The van der Waals surface area contributed by atoms with Crippen molar-refractivity contribution in [2.75, 3.05) is 31.7 Å². The molecule has 1 aliphatic rings. The lowest BCUT2D eigenvalue weighted by atomic mass is 9.93.